The molecule has 0 atom stereocenters. The van der Waals surface area contributed by atoms with Crippen molar-refractivity contribution in [2.45, 2.75) is 13.1 Å². The first kappa shape index (κ1) is 15.6. The highest BCUT2D eigenvalue weighted by Gasteiger charge is 2.32. The Balaban J connectivity index is 3.32. The van der Waals surface area contributed by atoms with Gasteiger partial charge in [0.1, 0.15) is 11.7 Å². The quantitative estimate of drug-likeness (QED) is 0.363. The monoisotopic (exact) mass is 296 g/mol. The van der Waals surface area contributed by atoms with Gasteiger partial charge >= 0.3 is 8.80 Å². The van der Waals surface area contributed by atoms with Crippen LogP contribution in [-0.2, 0) is 0 Å². The zero-order chi connectivity index (χ0) is 14.9. The van der Waals surface area contributed by atoms with Crippen LogP contribution < -0.4 is 0 Å². The molecule has 0 bridgehead atoms. The summed E-state index contributed by atoms with van der Waals surface area (Å²) in [7, 11) is 0.308. The van der Waals surface area contributed by atoms with Gasteiger partial charge in [-0.2, -0.15) is 0 Å². The van der Waals surface area contributed by atoms with Gasteiger partial charge in [-0.05, 0) is 0 Å². The summed E-state index contributed by atoms with van der Waals surface area (Å²) in [4.78, 5) is 12.7. The molecule has 0 radical (unpaired) electrons. The lowest BCUT2D eigenvalue weighted by Gasteiger charge is -2.15. The van der Waals surface area contributed by atoms with Crippen molar-refractivity contribution in [2.75, 3.05) is 13.2 Å². The van der Waals surface area contributed by atoms with E-state index in [1.807, 2.05) is 13.1 Å². The van der Waals surface area contributed by atoms with E-state index in [0.717, 1.165) is 4.90 Å². The Labute approximate surface area is 108 Å². The normalized spacial score (nSPS) is 10.5. The number of carbonyl (C=O) groups is 1. The number of nitrogens with zero attached hydrogens (tertiary/aromatic N) is 1. The van der Waals surface area contributed by atoms with Gasteiger partial charge in [-0.1, -0.05) is 0 Å². The second-order valence-corrected chi connectivity index (χ2v) is 7.04. The summed E-state index contributed by atoms with van der Waals surface area (Å²) in [5.74, 6) is -11.9. The van der Waals surface area contributed by atoms with Crippen LogP contribution in [0.4, 0.5) is 22.0 Å². The van der Waals surface area contributed by atoms with Crippen molar-refractivity contribution in [3.63, 3.8) is 0 Å². The summed E-state index contributed by atoms with van der Waals surface area (Å²) >= 11 is 0. The summed E-state index contributed by atoms with van der Waals surface area (Å²) in [5, 5.41) is 0. The summed E-state index contributed by atoms with van der Waals surface area (Å²) in [6.07, 6.45) is 0.225. The molecule has 1 aromatic rings. The van der Waals surface area contributed by atoms with Crippen molar-refractivity contribution in [2.24, 2.45) is 0 Å². The van der Waals surface area contributed by atoms with Gasteiger partial charge in [0.2, 0.25) is 5.82 Å². The molecule has 2 nitrogen and oxygen atoms in total. The molecule has 0 saturated heterocycles. The van der Waals surface area contributed by atoms with Gasteiger partial charge in [0.25, 0.3) is 5.91 Å². The first-order chi connectivity index (χ1) is 8.68. The maximum Gasteiger partial charge on any atom is 0.329 e. The predicted molar refractivity (Wildman–Crippen MR) is 60.7 cm³/mol. The van der Waals surface area contributed by atoms with E-state index in [0.29, 0.717) is 0 Å². The molecule has 104 valence electrons. The molecule has 0 aliphatic heterocycles. The molecule has 1 amide bonds. The Morgan fingerprint density at radius 1 is 0.947 bits per heavy atom. The van der Waals surface area contributed by atoms with Crippen molar-refractivity contribution >= 4 is 14.7 Å². The molecule has 0 saturated carbocycles. The van der Waals surface area contributed by atoms with E-state index in [9.17, 15) is 26.7 Å². The Bertz CT molecular complexity index is 491. The number of amides is 1. The fourth-order valence-corrected chi connectivity index (χ4v) is 2.62. The molecule has 0 fully saturated rings. The molecular formula is C11H11F5NOSi+. The van der Waals surface area contributed by atoms with Crippen LogP contribution in [0.1, 0.15) is 10.4 Å². The zero-order valence-electron chi connectivity index (χ0n) is 10.5. The highest BCUT2D eigenvalue weighted by molar-refractivity contribution is 6.56. The van der Waals surface area contributed by atoms with Gasteiger partial charge in [-0.25, -0.2) is 22.0 Å². The first-order valence-electron chi connectivity index (χ1n) is 5.24. The smallest absolute Gasteiger partial charge is 0.314 e. The minimum Gasteiger partial charge on any atom is -0.314 e. The average molecular weight is 296 g/mol. The number of hydrogen-bond donors (Lipinski definition) is 0. The molecule has 19 heavy (non-hydrogen) atoms. The summed E-state index contributed by atoms with van der Waals surface area (Å²) < 4.78 is 65.5. The van der Waals surface area contributed by atoms with Gasteiger partial charge in [-0.15, -0.1) is 0 Å². The van der Waals surface area contributed by atoms with E-state index in [1.54, 1.807) is 0 Å². The van der Waals surface area contributed by atoms with Crippen molar-refractivity contribution in [3.05, 3.63) is 34.6 Å². The van der Waals surface area contributed by atoms with Crippen molar-refractivity contribution < 1.29 is 26.7 Å². The molecule has 1 rings (SSSR count). The lowest BCUT2D eigenvalue weighted by molar-refractivity contribution is 0.0803. The molecule has 0 heterocycles. The van der Waals surface area contributed by atoms with Crippen LogP contribution in [0.25, 0.3) is 0 Å². The minimum absolute atomic E-state index is 0.225. The summed E-state index contributed by atoms with van der Waals surface area (Å²) in [5.41, 5.74) is -1.41. The van der Waals surface area contributed by atoms with Crippen molar-refractivity contribution in [1.29, 1.82) is 0 Å². The Hall–Kier alpha value is -1.44. The SMILES string of the molecule is CN(C[Si+](C)C)C(=O)c1c(F)c(F)c(F)c(F)c1F. The van der Waals surface area contributed by atoms with E-state index >= 15 is 0 Å². The van der Waals surface area contributed by atoms with E-state index in [2.05, 4.69) is 0 Å². The highest BCUT2D eigenvalue weighted by Crippen LogP contribution is 2.23. The molecule has 8 heteroatoms. The lowest BCUT2D eigenvalue weighted by atomic mass is 10.1. The maximum atomic E-state index is 13.4. The molecule has 0 N–H and O–H groups in total. The molecule has 0 unspecified atom stereocenters. The van der Waals surface area contributed by atoms with Crippen LogP contribution in [-0.4, -0.2) is 32.8 Å². The first-order valence-corrected chi connectivity index (χ1v) is 7.95. The largest absolute Gasteiger partial charge is 0.329 e. The highest BCUT2D eigenvalue weighted by atomic mass is 28.3. The van der Waals surface area contributed by atoms with E-state index in [4.69, 9.17) is 0 Å². The number of hydrogen-bond acceptors (Lipinski definition) is 1. The topological polar surface area (TPSA) is 20.3 Å². The molecule has 1 aromatic carbocycles. The number of halogens is 5. The Kier molecular flexibility index (Phi) is 4.67. The molecular weight excluding hydrogens is 285 g/mol. The van der Waals surface area contributed by atoms with Crippen LogP contribution >= 0.6 is 0 Å². The molecule has 0 spiro atoms. The van der Waals surface area contributed by atoms with Gasteiger partial charge in [0, 0.05) is 7.05 Å². The van der Waals surface area contributed by atoms with Gasteiger partial charge in [0.05, 0.1) is 13.1 Å². The van der Waals surface area contributed by atoms with Crippen LogP contribution in [0.15, 0.2) is 0 Å². The summed E-state index contributed by atoms with van der Waals surface area (Å²) in [6, 6.07) is 0. The third-order valence-corrected chi connectivity index (χ3v) is 3.43. The Morgan fingerprint density at radius 2 is 1.32 bits per heavy atom. The van der Waals surface area contributed by atoms with Crippen LogP contribution in [0.2, 0.25) is 13.1 Å². The van der Waals surface area contributed by atoms with E-state index in [1.165, 1.54) is 7.05 Å². The third-order valence-electron chi connectivity index (χ3n) is 2.32. The Morgan fingerprint density at radius 3 is 1.68 bits per heavy atom. The van der Waals surface area contributed by atoms with Crippen LogP contribution in [0.3, 0.4) is 0 Å². The van der Waals surface area contributed by atoms with E-state index in [-0.39, 0.29) is 6.17 Å². The lowest BCUT2D eigenvalue weighted by Crippen LogP contribution is -2.35. The minimum atomic E-state index is -2.27. The second-order valence-electron chi connectivity index (χ2n) is 4.31. The standard InChI is InChI=1S/C11H11F5NOSi/c1-17(4-19(2)3)11(18)5-6(12)8(14)10(16)9(15)7(5)13/h4H2,1-3H3/q+1. The zero-order valence-corrected chi connectivity index (χ0v) is 11.5. The van der Waals surface area contributed by atoms with Crippen molar-refractivity contribution in [1.82, 2.24) is 4.90 Å². The average Bonchev–Trinajstić information content (AvgIpc) is 2.33. The molecule has 0 aliphatic rings. The summed E-state index contributed by atoms with van der Waals surface area (Å²) in [6.45, 7) is 3.68. The maximum absolute atomic E-state index is 13.4. The van der Waals surface area contributed by atoms with Crippen LogP contribution in [0.5, 0.6) is 0 Å². The molecule has 0 aliphatic carbocycles. The number of rotatable bonds is 3. The fraction of sp³-hybridized carbons (Fsp3) is 0.364. The second kappa shape index (κ2) is 5.68. The van der Waals surface area contributed by atoms with Gasteiger partial charge in [-0.3, -0.25) is 4.79 Å². The number of carbonyl (C=O) groups excluding carboxylic acids is 1. The van der Waals surface area contributed by atoms with Crippen LogP contribution in [0, 0.1) is 29.1 Å². The molecule has 0 aromatic heterocycles. The van der Waals surface area contributed by atoms with E-state index < -0.39 is 49.4 Å². The predicted octanol–water partition coefficient (Wildman–Crippen LogP) is 2.75. The fourth-order valence-electron chi connectivity index (χ4n) is 1.53. The van der Waals surface area contributed by atoms with Gasteiger partial charge < -0.3 is 4.90 Å². The van der Waals surface area contributed by atoms with Gasteiger partial charge in [0.15, 0.2) is 23.3 Å². The third kappa shape index (κ3) is 2.94. The number of benzene rings is 1. The van der Waals surface area contributed by atoms with Crippen molar-refractivity contribution in [3.8, 4) is 0 Å².